The summed E-state index contributed by atoms with van der Waals surface area (Å²) in [6.07, 6.45) is 0. The Morgan fingerprint density at radius 3 is 3.25 bits per heavy atom. The molecule has 1 atom stereocenters. The van der Waals surface area contributed by atoms with Gasteiger partial charge in [-0.2, -0.15) is 0 Å². The first-order valence-corrected chi connectivity index (χ1v) is 7.68. The molecular weight excluding hydrogens is 308 g/mol. The van der Waals surface area contributed by atoms with Crippen LogP contribution in [0.5, 0.6) is 0 Å². The smallest absolute Gasteiger partial charge is 0.272 e. The van der Waals surface area contributed by atoms with Crippen LogP contribution in [0.2, 0.25) is 0 Å². The van der Waals surface area contributed by atoms with E-state index in [9.17, 15) is 4.79 Å². The van der Waals surface area contributed by atoms with E-state index in [2.05, 4.69) is 27.8 Å². The van der Waals surface area contributed by atoms with Gasteiger partial charge in [-0.25, -0.2) is 4.98 Å². The molecule has 16 heavy (non-hydrogen) atoms. The van der Waals surface area contributed by atoms with Gasteiger partial charge in [-0.3, -0.25) is 9.36 Å². The third kappa shape index (κ3) is 1.47. The van der Waals surface area contributed by atoms with E-state index in [-0.39, 0.29) is 10.3 Å². The summed E-state index contributed by atoms with van der Waals surface area (Å²) in [5.74, 6) is 0. The van der Waals surface area contributed by atoms with Crippen LogP contribution in [-0.2, 0) is 6.54 Å². The Bertz CT molecular complexity index is 621. The standard InChI is InChI=1S/C10H9BrN2OS2/c1-10(4-11)5-13-8(14)7-6(2-3-15-7)12-9(13)16-10/h2-3H,4-5H2,1H3/t10-/m0/s1. The fraction of sp³-hybridized carbons (Fsp3) is 0.400. The molecule has 2 aromatic heterocycles. The summed E-state index contributed by atoms with van der Waals surface area (Å²) in [6.45, 7) is 2.88. The van der Waals surface area contributed by atoms with Gasteiger partial charge in [0.25, 0.3) is 5.56 Å². The Balaban J connectivity index is 2.26. The van der Waals surface area contributed by atoms with Crippen LogP contribution in [0.25, 0.3) is 10.2 Å². The van der Waals surface area contributed by atoms with Gasteiger partial charge in [-0.05, 0) is 18.4 Å². The first-order chi connectivity index (χ1) is 7.63. The summed E-state index contributed by atoms with van der Waals surface area (Å²) in [5, 5.41) is 3.63. The Morgan fingerprint density at radius 2 is 2.50 bits per heavy atom. The minimum atomic E-state index is 0.0443. The molecule has 0 aromatic carbocycles. The molecule has 1 aliphatic heterocycles. The molecular formula is C10H9BrN2OS2. The van der Waals surface area contributed by atoms with Crippen LogP contribution in [0.15, 0.2) is 21.4 Å². The van der Waals surface area contributed by atoms with E-state index in [1.165, 1.54) is 11.3 Å². The number of thioether (sulfide) groups is 1. The highest BCUT2D eigenvalue weighted by molar-refractivity contribution is 9.09. The lowest BCUT2D eigenvalue weighted by molar-refractivity contribution is 0.555. The molecule has 0 amide bonds. The molecule has 0 N–H and O–H groups in total. The number of thiophene rings is 1. The average Bonchev–Trinajstić information content (AvgIpc) is 2.83. The minimum Gasteiger partial charge on any atom is -0.285 e. The number of rotatable bonds is 1. The molecule has 0 saturated carbocycles. The first kappa shape index (κ1) is 10.8. The molecule has 0 spiro atoms. The molecule has 0 unspecified atom stereocenters. The van der Waals surface area contributed by atoms with E-state index in [4.69, 9.17) is 0 Å². The maximum Gasteiger partial charge on any atom is 0.272 e. The van der Waals surface area contributed by atoms with E-state index < -0.39 is 0 Å². The highest BCUT2D eigenvalue weighted by Gasteiger charge is 2.35. The van der Waals surface area contributed by atoms with E-state index in [0.29, 0.717) is 0 Å². The SMILES string of the molecule is C[C@]1(CBr)Cn2c(nc3ccsc3c2=O)S1. The lowest BCUT2D eigenvalue weighted by atomic mass is 10.2. The average molecular weight is 317 g/mol. The van der Waals surface area contributed by atoms with Crippen molar-refractivity contribution in [1.82, 2.24) is 9.55 Å². The van der Waals surface area contributed by atoms with Gasteiger partial charge in [-0.1, -0.05) is 27.7 Å². The number of nitrogens with zero attached hydrogens (tertiary/aromatic N) is 2. The van der Waals surface area contributed by atoms with Gasteiger partial charge >= 0.3 is 0 Å². The number of hydrogen-bond donors (Lipinski definition) is 0. The number of aromatic nitrogens is 2. The first-order valence-electron chi connectivity index (χ1n) is 4.86. The van der Waals surface area contributed by atoms with Crippen LogP contribution in [0.4, 0.5) is 0 Å². The second-order valence-electron chi connectivity index (χ2n) is 4.11. The minimum absolute atomic E-state index is 0.0443. The number of hydrogen-bond acceptors (Lipinski definition) is 4. The van der Waals surface area contributed by atoms with Crippen LogP contribution in [0, 0.1) is 0 Å². The monoisotopic (exact) mass is 316 g/mol. The summed E-state index contributed by atoms with van der Waals surface area (Å²) in [5.41, 5.74) is 0.930. The summed E-state index contributed by atoms with van der Waals surface area (Å²) in [6, 6.07) is 1.91. The molecule has 2 aromatic rings. The summed E-state index contributed by atoms with van der Waals surface area (Å²) in [7, 11) is 0. The van der Waals surface area contributed by atoms with Crippen molar-refractivity contribution in [1.29, 1.82) is 0 Å². The Kier molecular flexibility index (Phi) is 2.42. The zero-order valence-corrected chi connectivity index (χ0v) is 11.8. The fourth-order valence-electron chi connectivity index (χ4n) is 1.80. The van der Waals surface area contributed by atoms with Gasteiger partial charge in [0.15, 0.2) is 5.16 Å². The third-order valence-corrected chi connectivity index (χ3v) is 6.40. The molecule has 3 nitrogen and oxygen atoms in total. The van der Waals surface area contributed by atoms with Crippen LogP contribution in [0.1, 0.15) is 6.92 Å². The maximum atomic E-state index is 12.2. The van der Waals surface area contributed by atoms with Crippen LogP contribution >= 0.6 is 39.0 Å². The summed E-state index contributed by atoms with van der Waals surface area (Å²) in [4.78, 5) is 16.7. The van der Waals surface area contributed by atoms with Crippen molar-refractivity contribution in [3.05, 3.63) is 21.8 Å². The van der Waals surface area contributed by atoms with E-state index >= 15 is 0 Å². The second kappa shape index (κ2) is 3.58. The lowest BCUT2D eigenvalue weighted by Gasteiger charge is -2.16. The molecule has 0 fully saturated rings. The summed E-state index contributed by atoms with van der Waals surface area (Å²) >= 11 is 6.65. The molecule has 0 aliphatic carbocycles. The maximum absolute atomic E-state index is 12.2. The van der Waals surface area contributed by atoms with Crippen LogP contribution in [0.3, 0.4) is 0 Å². The molecule has 0 saturated heterocycles. The van der Waals surface area contributed by atoms with Crippen molar-refractivity contribution < 1.29 is 0 Å². The predicted molar refractivity (Wildman–Crippen MR) is 71.9 cm³/mol. The zero-order chi connectivity index (χ0) is 11.3. The fourth-order valence-corrected chi connectivity index (χ4v) is 4.19. The molecule has 0 bridgehead atoms. The largest absolute Gasteiger partial charge is 0.285 e. The topological polar surface area (TPSA) is 34.9 Å². The van der Waals surface area contributed by atoms with Crippen molar-refractivity contribution in [2.75, 3.05) is 5.33 Å². The van der Waals surface area contributed by atoms with Crippen molar-refractivity contribution in [2.24, 2.45) is 0 Å². The molecule has 3 rings (SSSR count). The molecule has 3 heterocycles. The molecule has 1 aliphatic rings. The normalized spacial score (nSPS) is 23.9. The quantitative estimate of drug-likeness (QED) is 0.599. The van der Waals surface area contributed by atoms with Crippen LogP contribution in [-0.4, -0.2) is 19.6 Å². The van der Waals surface area contributed by atoms with Crippen molar-refractivity contribution in [2.45, 2.75) is 23.4 Å². The Morgan fingerprint density at radius 1 is 1.69 bits per heavy atom. The third-order valence-electron chi connectivity index (χ3n) is 2.64. The van der Waals surface area contributed by atoms with Gasteiger partial charge in [0, 0.05) is 16.6 Å². The van der Waals surface area contributed by atoms with Crippen molar-refractivity contribution in [3.63, 3.8) is 0 Å². The number of fused-ring (bicyclic) bond motifs is 2. The van der Waals surface area contributed by atoms with Gasteiger partial charge < -0.3 is 0 Å². The van der Waals surface area contributed by atoms with Gasteiger partial charge in [0.1, 0.15) is 4.70 Å². The molecule has 6 heteroatoms. The van der Waals surface area contributed by atoms with Crippen molar-refractivity contribution in [3.8, 4) is 0 Å². The highest BCUT2D eigenvalue weighted by Crippen LogP contribution is 2.40. The van der Waals surface area contributed by atoms with E-state index in [1.54, 1.807) is 16.3 Å². The van der Waals surface area contributed by atoms with Crippen LogP contribution < -0.4 is 5.56 Å². The lowest BCUT2D eigenvalue weighted by Crippen LogP contribution is -2.27. The van der Waals surface area contributed by atoms with E-state index in [1.807, 2.05) is 11.4 Å². The Hall–Kier alpha value is -0.330. The zero-order valence-electron chi connectivity index (χ0n) is 8.57. The Labute approximate surface area is 109 Å². The molecule has 0 radical (unpaired) electrons. The molecule has 84 valence electrons. The number of alkyl halides is 1. The number of halogens is 1. The van der Waals surface area contributed by atoms with Gasteiger partial charge in [0.05, 0.1) is 5.52 Å². The van der Waals surface area contributed by atoms with E-state index in [0.717, 1.165) is 27.2 Å². The summed E-state index contributed by atoms with van der Waals surface area (Å²) < 4.78 is 2.61. The van der Waals surface area contributed by atoms with Crippen molar-refractivity contribution >= 4 is 49.2 Å². The second-order valence-corrected chi connectivity index (χ2v) is 7.14. The van der Waals surface area contributed by atoms with Gasteiger partial charge in [-0.15, -0.1) is 11.3 Å². The predicted octanol–water partition coefficient (Wildman–Crippen LogP) is 2.72. The van der Waals surface area contributed by atoms with Gasteiger partial charge in [0.2, 0.25) is 0 Å². The highest BCUT2D eigenvalue weighted by atomic mass is 79.9.